The van der Waals surface area contributed by atoms with Gasteiger partial charge in [-0.1, -0.05) is 30.3 Å². The van der Waals surface area contributed by atoms with Crippen molar-refractivity contribution in [3.63, 3.8) is 0 Å². The molecule has 0 saturated heterocycles. The minimum atomic E-state index is -3.38. The Balaban J connectivity index is 1.93. The third-order valence-corrected chi connectivity index (χ3v) is 6.96. The number of aryl methyl sites for hydroxylation is 1. The molecular formula is C16H17NO2S2. The van der Waals surface area contributed by atoms with Gasteiger partial charge in [-0.15, -0.1) is 11.8 Å². The molecule has 1 heterocycles. The Bertz CT molecular complexity index is 785. The number of nitrogens with two attached hydrogens (primary N) is 1. The molecule has 0 radical (unpaired) electrons. The van der Waals surface area contributed by atoms with Crippen LogP contribution in [0.1, 0.15) is 17.0 Å². The highest BCUT2D eigenvalue weighted by molar-refractivity contribution is 7.99. The van der Waals surface area contributed by atoms with Crippen LogP contribution in [0.15, 0.2) is 52.3 Å². The van der Waals surface area contributed by atoms with Crippen molar-refractivity contribution < 1.29 is 8.42 Å². The van der Waals surface area contributed by atoms with Crippen molar-refractivity contribution >= 4 is 27.3 Å². The van der Waals surface area contributed by atoms with Gasteiger partial charge in [0.2, 0.25) is 0 Å². The highest BCUT2D eigenvalue weighted by Crippen LogP contribution is 2.41. The summed E-state index contributed by atoms with van der Waals surface area (Å²) in [5, 5.41) is 0. The van der Waals surface area contributed by atoms with E-state index >= 15 is 0 Å². The average Bonchev–Trinajstić information content (AvgIpc) is 2.84. The summed E-state index contributed by atoms with van der Waals surface area (Å²) in [7, 11) is -3.38. The summed E-state index contributed by atoms with van der Waals surface area (Å²) in [6, 6.07) is 13.2. The largest absolute Gasteiger partial charge is 0.397 e. The Morgan fingerprint density at radius 3 is 2.76 bits per heavy atom. The summed E-state index contributed by atoms with van der Waals surface area (Å²) in [6.07, 6.45) is 0. The lowest BCUT2D eigenvalue weighted by atomic mass is 10.0. The fourth-order valence-corrected chi connectivity index (χ4v) is 5.84. The quantitative estimate of drug-likeness (QED) is 0.882. The molecule has 3 nitrogen and oxygen atoms in total. The van der Waals surface area contributed by atoms with Crippen LogP contribution in [-0.2, 0) is 9.84 Å². The van der Waals surface area contributed by atoms with Gasteiger partial charge in [0.15, 0.2) is 9.84 Å². The van der Waals surface area contributed by atoms with Crippen LogP contribution in [0.25, 0.3) is 0 Å². The zero-order valence-corrected chi connectivity index (χ0v) is 13.4. The zero-order chi connectivity index (χ0) is 15.0. The van der Waals surface area contributed by atoms with E-state index in [1.807, 2.05) is 37.3 Å². The van der Waals surface area contributed by atoms with Gasteiger partial charge in [-0.05, 0) is 30.2 Å². The van der Waals surface area contributed by atoms with E-state index in [9.17, 15) is 8.42 Å². The maximum atomic E-state index is 12.7. The molecule has 0 amide bonds. The molecule has 110 valence electrons. The molecule has 1 aliphatic rings. The Hall–Kier alpha value is -1.46. The monoisotopic (exact) mass is 319 g/mol. The minimum absolute atomic E-state index is 0.0381. The van der Waals surface area contributed by atoms with Crippen LogP contribution in [0.3, 0.4) is 0 Å². The molecule has 1 unspecified atom stereocenters. The third kappa shape index (κ3) is 2.68. The van der Waals surface area contributed by atoms with E-state index in [4.69, 9.17) is 5.73 Å². The number of thioether (sulfide) groups is 1. The highest BCUT2D eigenvalue weighted by atomic mass is 32.2. The van der Waals surface area contributed by atoms with E-state index < -0.39 is 9.84 Å². The van der Waals surface area contributed by atoms with Gasteiger partial charge >= 0.3 is 0 Å². The molecule has 5 heteroatoms. The van der Waals surface area contributed by atoms with E-state index in [-0.39, 0.29) is 16.6 Å². The number of benzene rings is 2. The first-order valence-electron chi connectivity index (χ1n) is 6.78. The molecule has 2 aromatic carbocycles. The van der Waals surface area contributed by atoms with Crippen molar-refractivity contribution in [3.8, 4) is 0 Å². The maximum absolute atomic E-state index is 12.7. The van der Waals surface area contributed by atoms with E-state index in [0.29, 0.717) is 5.69 Å². The molecule has 0 fully saturated rings. The van der Waals surface area contributed by atoms with Crippen LogP contribution >= 0.6 is 11.8 Å². The predicted molar refractivity (Wildman–Crippen MR) is 87.6 cm³/mol. The Labute approximate surface area is 129 Å². The average molecular weight is 319 g/mol. The van der Waals surface area contributed by atoms with Crippen molar-refractivity contribution in [2.24, 2.45) is 0 Å². The third-order valence-electron chi connectivity index (χ3n) is 3.84. The molecule has 2 N–H and O–H groups in total. The number of hydrogen-bond donors (Lipinski definition) is 1. The number of rotatable bonds is 3. The van der Waals surface area contributed by atoms with Gasteiger partial charge in [-0.25, -0.2) is 8.42 Å². The lowest BCUT2D eigenvalue weighted by Crippen LogP contribution is -2.16. The van der Waals surface area contributed by atoms with Crippen LogP contribution in [0.4, 0.5) is 5.69 Å². The number of hydrogen-bond acceptors (Lipinski definition) is 4. The van der Waals surface area contributed by atoms with Crippen LogP contribution in [-0.4, -0.2) is 19.9 Å². The van der Waals surface area contributed by atoms with Crippen LogP contribution in [0, 0.1) is 6.92 Å². The summed E-state index contributed by atoms with van der Waals surface area (Å²) in [5.41, 5.74) is 8.26. The van der Waals surface area contributed by atoms with Gasteiger partial charge in [-0.3, -0.25) is 0 Å². The molecule has 2 aromatic rings. The molecule has 0 aromatic heterocycles. The number of fused-ring (bicyclic) bond motifs is 1. The summed E-state index contributed by atoms with van der Waals surface area (Å²) >= 11 is 1.72. The van der Waals surface area contributed by atoms with Crippen LogP contribution < -0.4 is 5.73 Å². The fourth-order valence-electron chi connectivity index (χ4n) is 2.65. The SMILES string of the molecule is Cc1cccc(S(=O)(=O)CC2CSc3ccccc32)c1N. The first-order chi connectivity index (χ1) is 9.99. The van der Waals surface area contributed by atoms with Crippen LogP contribution in [0.2, 0.25) is 0 Å². The van der Waals surface area contributed by atoms with Crippen molar-refractivity contribution in [1.82, 2.24) is 0 Å². The second kappa shape index (κ2) is 5.39. The fraction of sp³-hybridized carbons (Fsp3) is 0.250. The lowest BCUT2D eigenvalue weighted by molar-refractivity contribution is 0.591. The zero-order valence-electron chi connectivity index (χ0n) is 11.7. The lowest BCUT2D eigenvalue weighted by Gasteiger charge is -2.14. The normalized spacial score (nSPS) is 17.7. The number of sulfone groups is 1. The maximum Gasteiger partial charge on any atom is 0.181 e. The summed E-state index contributed by atoms with van der Waals surface area (Å²) in [5.74, 6) is 0.964. The molecule has 0 spiro atoms. The molecule has 3 rings (SSSR count). The number of para-hydroxylation sites is 1. The second-order valence-electron chi connectivity index (χ2n) is 5.31. The van der Waals surface area contributed by atoms with Crippen molar-refractivity contribution in [1.29, 1.82) is 0 Å². The smallest absolute Gasteiger partial charge is 0.181 e. The van der Waals surface area contributed by atoms with Crippen molar-refractivity contribution in [2.45, 2.75) is 22.6 Å². The standard InChI is InChI=1S/C16H17NO2S2/c1-11-5-4-8-15(16(11)17)21(18,19)10-12-9-20-14-7-3-2-6-13(12)14/h2-8,12H,9-10,17H2,1H3. The van der Waals surface area contributed by atoms with E-state index in [1.165, 1.54) is 4.90 Å². The van der Waals surface area contributed by atoms with Gasteiger partial charge in [0, 0.05) is 16.6 Å². The van der Waals surface area contributed by atoms with Gasteiger partial charge < -0.3 is 5.73 Å². The van der Waals surface area contributed by atoms with E-state index in [2.05, 4.69) is 0 Å². The molecular weight excluding hydrogens is 302 g/mol. The van der Waals surface area contributed by atoms with Crippen LogP contribution in [0.5, 0.6) is 0 Å². The molecule has 0 aliphatic carbocycles. The van der Waals surface area contributed by atoms with Gasteiger partial charge in [0.05, 0.1) is 16.3 Å². The van der Waals surface area contributed by atoms with E-state index in [1.54, 1.807) is 23.9 Å². The van der Waals surface area contributed by atoms with E-state index in [0.717, 1.165) is 16.9 Å². The first-order valence-corrected chi connectivity index (χ1v) is 9.42. The topological polar surface area (TPSA) is 60.2 Å². The molecule has 1 aliphatic heterocycles. The second-order valence-corrected chi connectivity index (χ2v) is 8.38. The summed E-state index contributed by atoms with van der Waals surface area (Å²) in [4.78, 5) is 1.45. The van der Waals surface area contributed by atoms with Gasteiger partial charge in [0.25, 0.3) is 0 Å². The van der Waals surface area contributed by atoms with Crippen molar-refractivity contribution in [3.05, 3.63) is 53.6 Å². The Morgan fingerprint density at radius 1 is 1.19 bits per heavy atom. The molecule has 0 bridgehead atoms. The number of anilines is 1. The Morgan fingerprint density at radius 2 is 1.95 bits per heavy atom. The first kappa shape index (κ1) is 14.5. The Kier molecular flexibility index (Phi) is 3.71. The summed E-state index contributed by atoms with van der Waals surface area (Å²) in [6.45, 7) is 1.83. The minimum Gasteiger partial charge on any atom is -0.397 e. The van der Waals surface area contributed by atoms with Gasteiger partial charge in [0.1, 0.15) is 0 Å². The number of nitrogen functional groups attached to an aromatic ring is 1. The summed E-state index contributed by atoms with van der Waals surface area (Å²) < 4.78 is 25.4. The molecule has 0 saturated carbocycles. The highest BCUT2D eigenvalue weighted by Gasteiger charge is 2.29. The van der Waals surface area contributed by atoms with Gasteiger partial charge in [-0.2, -0.15) is 0 Å². The molecule has 1 atom stereocenters. The van der Waals surface area contributed by atoms with Crippen molar-refractivity contribution in [2.75, 3.05) is 17.2 Å². The predicted octanol–water partition coefficient (Wildman–Crippen LogP) is 3.24. The molecule has 21 heavy (non-hydrogen) atoms.